The highest BCUT2D eigenvalue weighted by Gasteiger charge is 2.31. The van der Waals surface area contributed by atoms with E-state index in [-0.39, 0.29) is 31.2 Å². The molecule has 1 fully saturated rings. The number of aliphatic hydroxyl groups is 1. The summed E-state index contributed by atoms with van der Waals surface area (Å²) in [6.45, 7) is 0.990. The predicted molar refractivity (Wildman–Crippen MR) is 155 cm³/mol. The fourth-order valence-electron chi connectivity index (χ4n) is 4.89. The molecule has 2 atom stereocenters. The Hall–Kier alpha value is -4.41. The number of nitrogens with zero attached hydrogens (tertiary/aromatic N) is 3. The normalized spacial score (nSPS) is 15.9. The Kier molecular flexibility index (Phi) is 8.81. The third kappa shape index (κ3) is 6.85. The lowest BCUT2D eigenvalue weighted by Crippen LogP contribution is -2.59. The zero-order valence-corrected chi connectivity index (χ0v) is 23.0. The van der Waals surface area contributed by atoms with Crippen LogP contribution in [0.3, 0.4) is 0 Å². The number of aliphatic hydroxyl groups excluding tert-OH is 1. The van der Waals surface area contributed by atoms with E-state index in [1.807, 2.05) is 30.3 Å². The second-order valence-electron chi connectivity index (χ2n) is 9.77. The van der Waals surface area contributed by atoms with Gasteiger partial charge in [-0.15, -0.1) is 0 Å². The van der Waals surface area contributed by atoms with Crippen molar-refractivity contribution >= 4 is 46.0 Å². The van der Waals surface area contributed by atoms with Crippen molar-refractivity contribution in [2.75, 3.05) is 37.7 Å². The van der Waals surface area contributed by atoms with E-state index in [4.69, 9.17) is 16.0 Å². The molecule has 212 valence electrons. The van der Waals surface area contributed by atoms with Crippen LogP contribution in [0.5, 0.6) is 0 Å². The molecule has 3 N–H and O–H groups in total. The molecule has 0 bridgehead atoms. The number of para-hydroxylation sites is 1. The number of rotatable bonds is 9. The monoisotopic (exact) mass is 575 g/mol. The summed E-state index contributed by atoms with van der Waals surface area (Å²) in [5.74, 6) is -1.42. The van der Waals surface area contributed by atoms with Gasteiger partial charge in [-0.3, -0.25) is 19.4 Å². The number of nitrogens with one attached hydrogen (secondary N) is 2. The van der Waals surface area contributed by atoms with Gasteiger partial charge in [0.25, 0.3) is 5.91 Å². The number of carbonyl (C=O) groups is 3. The average Bonchev–Trinajstić information content (AvgIpc) is 3.43. The number of anilines is 1. The van der Waals surface area contributed by atoms with Crippen LogP contribution in [0.4, 0.5) is 5.69 Å². The van der Waals surface area contributed by atoms with Crippen molar-refractivity contribution in [3.8, 4) is 0 Å². The number of halogens is 1. The van der Waals surface area contributed by atoms with Gasteiger partial charge in [-0.1, -0.05) is 35.9 Å². The Morgan fingerprint density at radius 2 is 1.85 bits per heavy atom. The van der Waals surface area contributed by atoms with E-state index in [1.165, 1.54) is 0 Å². The number of aromatic nitrogens is 1. The van der Waals surface area contributed by atoms with Crippen LogP contribution in [0.15, 0.2) is 83.4 Å². The molecule has 0 spiro atoms. The van der Waals surface area contributed by atoms with Crippen LogP contribution >= 0.6 is 11.6 Å². The van der Waals surface area contributed by atoms with Gasteiger partial charge in [0.1, 0.15) is 11.6 Å². The van der Waals surface area contributed by atoms with Crippen molar-refractivity contribution in [3.63, 3.8) is 0 Å². The molecular formula is C30H30ClN5O5. The van der Waals surface area contributed by atoms with E-state index in [0.717, 1.165) is 5.69 Å². The summed E-state index contributed by atoms with van der Waals surface area (Å²) >= 11 is 6.04. The first-order valence-corrected chi connectivity index (χ1v) is 13.7. The van der Waals surface area contributed by atoms with Gasteiger partial charge in [-0.2, -0.15) is 0 Å². The number of piperazine rings is 1. The molecule has 3 heterocycles. The van der Waals surface area contributed by atoms with Crippen molar-refractivity contribution in [3.05, 3.63) is 95.5 Å². The smallest absolute Gasteiger partial charge is 0.287 e. The van der Waals surface area contributed by atoms with Crippen molar-refractivity contribution < 1.29 is 23.9 Å². The third-order valence-corrected chi connectivity index (χ3v) is 7.25. The number of benzene rings is 2. The topological polar surface area (TPSA) is 128 Å². The van der Waals surface area contributed by atoms with Crippen molar-refractivity contribution in [2.45, 2.75) is 18.5 Å². The summed E-state index contributed by atoms with van der Waals surface area (Å²) < 4.78 is 5.65. The second kappa shape index (κ2) is 12.8. The van der Waals surface area contributed by atoms with E-state index < -0.39 is 23.9 Å². The van der Waals surface area contributed by atoms with Crippen molar-refractivity contribution in [2.24, 2.45) is 0 Å². The lowest BCUT2D eigenvalue weighted by molar-refractivity contribution is -0.136. The third-order valence-electron chi connectivity index (χ3n) is 7.01. The summed E-state index contributed by atoms with van der Waals surface area (Å²) in [6, 6.07) is 20.2. The van der Waals surface area contributed by atoms with Crippen molar-refractivity contribution in [1.82, 2.24) is 20.5 Å². The summed E-state index contributed by atoms with van der Waals surface area (Å²) in [5, 5.41) is 16.5. The van der Waals surface area contributed by atoms with Crippen LogP contribution in [0.25, 0.3) is 11.0 Å². The molecule has 0 aliphatic carbocycles. The maximum absolute atomic E-state index is 13.3. The van der Waals surface area contributed by atoms with Gasteiger partial charge in [-0.25, -0.2) is 0 Å². The molecule has 2 aromatic carbocycles. The number of hydrogen-bond donors (Lipinski definition) is 3. The Labute approximate surface area is 241 Å². The average molecular weight is 576 g/mol. The minimum atomic E-state index is -1.02. The van der Waals surface area contributed by atoms with Gasteiger partial charge in [-0.05, 0) is 48.5 Å². The molecule has 10 nitrogen and oxygen atoms in total. The van der Waals surface area contributed by atoms with Crippen LogP contribution in [-0.2, 0) is 16.0 Å². The fourth-order valence-corrected chi connectivity index (χ4v) is 5.07. The lowest BCUT2D eigenvalue weighted by Gasteiger charge is -2.41. The number of fused-ring (bicyclic) bond motifs is 1. The summed E-state index contributed by atoms with van der Waals surface area (Å²) in [4.78, 5) is 47.5. The predicted octanol–water partition coefficient (Wildman–Crippen LogP) is 2.65. The number of pyridine rings is 1. The maximum atomic E-state index is 13.3. The maximum Gasteiger partial charge on any atom is 0.287 e. The quantitative estimate of drug-likeness (QED) is 0.280. The fraction of sp³-hybridized carbons (Fsp3) is 0.267. The first kappa shape index (κ1) is 28.1. The minimum Gasteiger partial charge on any atom is -0.451 e. The summed E-state index contributed by atoms with van der Waals surface area (Å²) in [7, 11) is 0. The van der Waals surface area contributed by atoms with E-state index in [0.29, 0.717) is 41.3 Å². The van der Waals surface area contributed by atoms with Gasteiger partial charge >= 0.3 is 0 Å². The summed E-state index contributed by atoms with van der Waals surface area (Å²) in [6.07, 6.45) is 1.70. The van der Waals surface area contributed by atoms with Gasteiger partial charge in [0.2, 0.25) is 11.8 Å². The van der Waals surface area contributed by atoms with Gasteiger partial charge < -0.3 is 30.0 Å². The molecule has 41 heavy (non-hydrogen) atoms. The molecular weight excluding hydrogens is 546 g/mol. The number of amides is 3. The van der Waals surface area contributed by atoms with E-state index in [1.54, 1.807) is 53.6 Å². The molecule has 1 aliphatic rings. The van der Waals surface area contributed by atoms with E-state index >= 15 is 0 Å². The van der Waals surface area contributed by atoms with Crippen molar-refractivity contribution in [1.29, 1.82) is 0 Å². The number of furan rings is 1. The van der Waals surface area contributed by atoms with Crippen LogP contribution in [0.1, 0.15) is 16.2 Å². The SMILES string of the molecule is O=C(N[C@@H](Cc1ccccn1)C(=O)NCC(=O)N1CCN(c2ccccc2)C[C@H]1CO)c1cc2cc(Cl)ccc2o1. The first-order chi connectivity index (χ1) is 19.9. The minimum absolute atomic E-state index is 0.0271. The van der Waals surface area contributed by atoms with Gasteiger partial charge in [0, 0.05) is 54.0 Å². The molecule has 4 aromatic rings. The Bertz CT molecular complexity index is 1510. The molecule has 3 amide bonds. The highest BCUT2D eigenvalue weighted by Crippen LogP contribution is 2.23. The van der Waals surface area contributed by atoms with Crippen LogP contribution in [0.2, 0.25) is 5.02 Å². The molecule has 0 unspecified atom stereocenters. The Morgan fingerprint density at radius 3 is 2.61 bits per heavy atom. The standard InChI is InChI=1S/C30H30ClN5O5/c31-21-9-10-26-20(14-21)15-27(41-26)30(40)34-25(16-22-6-4-5-11-32-22)29(39)33-17-28(38)36-13-12-35(18-24(36)19-37)23-7-2-1-3-8-23/h1-11,14-15,24-25,37H,12-13,16-19H2,(H,33,39)(H,34,40)/t24-,25-/m0/s1. The number of hydrogen-bond acceptors (Lipinski definition) is 7. The highest BCUT2D eigenvalue weighted by atomic mass is 35.5. The van der Waals surface area contributed by atoms with Gasteiger partial charge in [0.15, 0.2) is 5.76 Å². The molecule has 0 radical (unpaired) electrons. The molecule has 0 saturated carbocycles. The zero-order valence-electron chi connectivity index (χ0n) is 22.2. The van der Waals surface area contributed by atoms with E-state index in [9.17, 15) is 19.5 Å². The molecule has 1 aliphatic heterocycles. The van der Waals surface area contributed by atoms with Crippen LogP contribution < -0.4 is 15.5 Å². The highest BCUT2D eigenvalue weighted by molar-refractivity contribution is 6.31. The number of carbonyl (C=O) groups excluding carboxylic acids is 3. The lowest BCUT2D eigenvalue weighted by atomic mass is 10.1. The molecule has 1 saturated heterocycles. The largest absolute Gasteiger partial charge is 0.451 e. The van der Waals surface area contributed by atoms with Gasteiger partial charge in [0.05, 0.1) is 19.2 Å². The second-order valence-corrected chi connectivity index (χ2v) is 10.2. The molecule has 11 heteroatoms. The van der Waals surface area contributed by atoms with Crippen LogP contribution in [-0.4, -0.2) is 77.6 Å². The Morgan fingerprint density at radius 1 is 1.05 bits per heavy atom. The zero-order chi connectivity index (χ0) is 28.8. The molecule has 5 rings (SSSR count). The summed E-state index contributed by atoms with van der Waals surface area (Å²) in [5.41, 5.74) is 2.10. The van der Waals surface area contributed by atoms with Crippen LogP contribution in [0, 0.1) is 0 Å². The first-order valence-electron chi connectivity index (χ1n) is 13.3. The van der Waals surface area contributed by atoms with E-state index in [2.05, 4.69) is 20.5 Å². The molecule has 2 aromatic heterocycles. The Balaban J connectivity index is 1.24.